The van der Waals surface area contributed by atoms with Crippen molar-refractivity contribution in [3.05, 3.63) is 11.5 Å². The van der Waals surface area contributed by atoms with Gasteiger partial charge < -0.3 is 4.55 Å². The SMILES string of the molecule is C=C(CF)S(=O)[O-]. The Morgan fingerprint density at radius 1 is 2.00 bits per heavy atom. The molecule has 1 atom stereocenters. The van der Waals surface area contributed by atoms with Crippen LogP contribution >= 0.6 is 0 Å². The van der Waals surface area contributed by atoms with Crippen LogP contribution in [0.2, 0.25) is 0 Å². The van der Waals surface area contributed by atoms with Gasteiger partial charge in [0.25, 0.3) is 0 Å². The third-order valence-electron chi connectivity index (χ3n) is 0.385. The van der Waals surface area contributed by atoms with Crippen molar-refractivity contribution in [2.75, 3.05) is 6.67 Å². The van der Waals surface area contributed by atoms with Crippen LogP contribution in [0.15, 0.2) is 11.5 Å². The molecule has 0 bridgehead atoms. The molecule has 42 valence electrons. The summed E-state index contributed by atoms with van der Waals surface area (Å²) in [4.78, 5) is -0.403. The maximum atomic E-state index is 11.1. The molecular weight excluding hydrogens is 119 g/mol. The summed E-state index contributed by atoms with van der Waals surface area (Å²) < 4.78 is 30.3. The monoisotopic (exact) mass is 123 g/mol. The second kappa shape index (κ2) is 2.87. The van der Waals surface area contributed by atoms with Crippen molar-refractivity contribution in [3.8, 4) is 0 Å². The van der Waals surface area contributed by atoms with Crippen LogP contribution in [-0.2, 0) is 11.1 Å². The minimum absolute atomic E-state index is 0.403. The van der Waals surface area contributed by atoms with Gasteiger partial charge in [-0.25, -0.2) is 4.39 Å². The summed E-state index contributed by atoms with van der Waals surface area (Å²) in [7, 11) is 0. The number of alkyl halides is 1. The highest BCUT2D eigenvalue weighted by Crippen LogP contribution is 1.92. The van der Waals surface area contributed by atoms with Crippen LogP contribution in [0.3, 0.4) is 0 Å². The Labute approximate surface area is 43.3 Å². The molecule has 7 heavy (non-hydrogen) atoms. The summed E-state index contributed by atoms with van der Waals surface area (Å²) in [5, 5.41) is 0. The van der Waals surface area contributed by atoms with E-state index in [2.05, 4.69) is 6.58 Å². The van der Waals surface area contributed by atoms with Gasteiger partial charge in [-0.15, -0.1) is 0 Å². The van der Waals surface area contributed by atoms with Crippen LogP contribution < -0.4 is 0 Å². The van der Waals surface area contributed by atoms with Crippen molar-refractivity contribution in [1.82, 2.24) is 0 Å². The zero-order valence-electron chi connectivity index (χ0n) is 3.52. The molecule has 0 aromatic rings. The Hall–Kier alpha value is -0.220. The second-order valence-corrected chi connectivity index (χ2v) is 1.95. The topological polar surface area (TPSA) is 40.1 Å². The molecule has 0 heterocycles. The molecule has 0 aliphatic heterocycles. The predicted octanol–water partition coefficient (Wildman–Crippen LogP) is 0.349. The van der Waals surface area contributed by atoms with E-state index in [1.165, 1.54) is 0 Å². The average molecular weight is 123 g/mol. The third-order valence-corrected chi connectivity index (χ3v) is 0.965. The van der Waals surface area contributed by atoms with Gasteiger partial charge in [0.05, 0.1) is 0 Å². The number of halogens is 1. The zero-order valence-corrected chi connectivity index (χ0v) is 4.33. The highest BCUT2D eigenvalue weighted by Gasteiger charge is 1.86. The zero-order chi connectivity index (χ0) is 5.86. The first-order chi connectivity index (χ1) is 3.18. The van der Waals surface area contributed by atoms with E-state index in [9.17, 15) is 13.2 Å². The lowest BCUT2D eigenvalue weighted by Crippen LogP contribution is -1.91. The van der Waals surface area contributed by atoms with E-state index < -0.39 is 22.7 Å². The van der Waals surface area contributed by atoms with Crippen LogP contribution in [0.4, 0.5) is 4.39 Å². The molecule has 0 aliphatic rings. The number of rotatable bonds is 2. The maximum absolute atomic E-state index is 11.1. The van der Waals surface area contributed by atoms with Crippen LogP contribution in [0, 0.1) is 0 Å². The van der Waals surface area contributed by atoms with Crippen molar-refractivity contribution in [1.29, 1.82) is 0 Å². The number of allylic oxidation sites excluding steroid dienone is 1. The fourth-order valence-electron chi connectivity index (χ4n) is 0.0445. The molecular formula is C3H4FO2S-. The Balaban J connectivity index is 3.58. The number of hydrogen-bond acceptors (Lipinski definition) is 2. The highest BCUT2D eigenvalue weighted by atomic mass is 32.2. The standard InChI is InChI=1S/C3H5FO2S/c1-3(2-4)7(5)6/h1-2H2,(H,5,6)/p-1. The van der Waals surface area contributed by atoms with Crippen molar-refractivity contribution in [3.63, 3.8) is 0 Å². The smallest absolute Gasteiger partial charge is 0.121 e. The first-order valence-electron chi connectivity index (χ1n) is 1.51. The molecule has 0 N–H and O–H groups in total. The normalized spacial score (nSPS) is 13.4. The largest absolute Gasteiger partial charge is 0.769 e. The van der Waals surface area contributed by atoms with Gasteiger partial charge in [0.15, 0.2) is 0 Å². The van der Waals surface area contributed by atoms with E-state index in [0.29, 0.717) is 0 Å². The Morgan fingerprint density at radius 3 is 2.43 bits per heavy atom. The lowest BCUT2D eigenvalue weighted by molar-refractivity contribution is 0.520. The molecule has 2 nitrogen and oxygen atoms in total. The first-order valence-corrected chi connectivity index (χ1v) is 2.59. The van der Waals surface area contributed by atoms with Gasteiger partial charge in [0.1, 0.15) is 6.67 Å². The van der Waals surface area contributed by atoms with Gasteiger partial charge in [-0.1, -0.05) is 6.58 Å². The lowest BCUT2D eigenvalue weighted by atomic mass is 10.7. The highest BCUT2D eigenvalue weighted by molar-refractivity contribution is 7.83. The molecule has 0 aromatic heterocycles. The van der Waals surface area contributed by atoms with E-state index in [1.807, 2.05) is 0 Å². The fraction of sp³-hybridized carbons (Fsp3) is 0.333. The molecule has 0 amide bonds. The van der Waals surface area contributed by atoms with Gasteiger partial charge in [-0.3, -0.25) is 4.21 Å². The quantitative estimate of drug-likeness (QED) is 0.497. The Morgan fingerprint density at radius 2 is 2.43 bits per heavy atom. The molecule has 4 heteroatoms. The van der Waals surface area contributed by atoms with Gasteiger partial charge in [0, 0.05) is 4.91 Å². The molecule has 0 saturated carbocycles. The Bertz CT molecular complexity index is 101. The maximum Gasteiger partial charge on any atom is 0.121 e. The van der Waals surface area contributed by atoms with Crippen molar-refractivity contribution in [2.45, 2.75) is 0 Å². The van der Waals surface area contributed by atoms with Crippen molar-refractivity contribution >= 4 is 11.1 Å². The van der Waals surface area contributed by atoms with E-state index in [-0.39, 0.29) is 0 Å². The Kier molecular flexibility index (Phi) is 2.78. The minimum atomic E-state index is -2.43. The van der Waals surface area contributed by atoms with Crippen LogP contribution in [0.1, 0.15) is 0 Å². The minimum Gasteiger partial charge on any atom is -0.769 e. The van der Waals surface area contributed by atoms with Crippen molar-refractivity contribution in [2.24, 2.45) is 0 Å². The van der Waals surface area contributed by atoms with E-state index >= 15 is 0 Å². The molecule has 0 saturated heterocycles. The van der Waals surface area contributed by atoms with Gasteiger partial charge in [0.2, 0.25) is 0 Å². The molecule has 0 rings (SSSR count). The summed E-state index contributed by atoms with van der Waals surface area (Å²) in [6.45, 7) is 1.90. The summed E-state index contributed by atoms with van der Waals surface area (Å²) in [6, 6.07) is 0. The predicted molar refractivity (Wildman–Crippen MR) is 24.0 cm³/mol. The van der Waals surface area contributed by atoms with Crippen LogP contribution in [0.5, 0.6) is 0 Å². The van der Waals surface area contributed by atoms with Crippen LogP contribution in [0.25, 0.3) is 0 Å². The lowest BCUT2D eigenvalue weighted by Gasteiger charge is -2.00. The van der Waals surface area contributed by atoms with Gasteiger partial charge in [-0.05, 0) is 11.1 Å². The van der Waals surface area contributed by atoms with Crippen molar-refractivity contribution < 1.29 is 13.2 Å². The van der Waals surface area contributed by atoms with E-state index in [4.69, 9.17) is 0 Å². The van der Waals surface area contributed by atoms with E-state index in [1.54, 1.807) is 0 Å². The summed E-state index contributed by atoms with van der Waals surface area (Å²) in [5.41, 5.74) is 0. The average Bonchev–Trinajstić information content (AvgIpc) is 1.65. The third kappa shape index (κ3) is 2.47. The summed E-state index contributed by atoms with van der Waals surface area (Å²) >= 11 is -2.43. The molecule has 0 aliphatic carbocycles. The van der Waals surface area contributed by atoms with Gasteiger partial charge >= 0.3 is 0 Å². The summed E-state index contributed by atoms with van der Waals surface area (Å²) in [6.07, 6.45) is 0. The summed E-state index contributed by atoms with van der Waals surface area (Å²) in [5.74, 6) is 0. The molecule has 0 spiro atoms. The fourth-order valence-corrected chi connectivity index (χ4v) is 0.134. The molecule has 0 radical (unpaired) electrons. The van der Waals surface area contributed by atoms with Gasteiger partial charge in [-0.2, -0.15) is 0 Å². The second-order valence-electron chi connectivity index (χ2n) is 0.907. The molecule has 1 unspecified atom stereocenters. The molecule has 0 fully saturated rings. The first kappa shape index (κ1) is 6.78. The van der Waals surface area contributed by atoms with E-state index in [0.717, 1.165) is 0 Å². The molecule has 0 aromatic carbocycles. The van der Waals surface area contributed by atoms with Crippen LogP contribution in [-0.4, -0.2) is 15.4 Å². The number of hydrogen-bond donors (Lipinski definition) is 0.